The van der Waals surface area contributed by atoms with E-state index in [1.54, 1.807) is 0 Å². The van der Waals surface area contributed by atoms with Gasteiger partial charge in [-0.2, -0.15) is 0 Å². The number of hydrogen-bond donors (Lipinski definition) is 1. The first-order valence-corrected chi connectivity index (χ1v) is 8.22. The Hall–Kier alpha value is -0.870. The first-order chi connectivity index (χ1) is 8.83. The minimum absolute atomic E-state index is 0.557. The molecule has 0 saturated carbocycles. The van der Waals surface area contributed by atoms with Crippen molar-refractivity contribution >= 4 is 16.5 Å². The Bertz CT molecular complexity index is 439. The molecule has 0 aliphatic carbocycles. The van der Waals surface area contributed by atoms with Crippen LogP contribution in [0.15, 0.2) is 24.3 Å². The molecule has 18 heavy (non-hydrogen) atoms. The summed E-state index contributed by atoms with van der Waals surface area (Å²) in [6, 6.07) is 8.63. The van der Waals surface area contributed by atoms with E-state index in [1.807, 2.05) is 0 Å². The number of fused-ring (bicyclic) bond motifs is 1. The van der Waals surface area contributed by atoms with Crippen molar-refractivity contribution in [2.75, 3.05) is 43.0 Å². The van der Waals surface area contributed by atoms with Crippen LogP contribution >= 0.6 is 0 Å². The topological polar surface area (TPSA) is 32.3 Å². The van der Waals surface area contributed by atoms with Crippen LogP contribution in [0.3, 0.4) is 0 Å². The van der Waals surface area contributed by atoms with Crippen LogP contribution in [-0.2, 0) is 10.8 Å². The van der Waals surface area contributed by atoms with Crippen LogP contribution < -0.4 is 5.32 Å². The molecule has 2 heterocycles. The molecule has 0 spiro atoms. The molecule has 3 rings (SSSR count). The van der Waals surface area contributed by atoms with Crippen molar-refractivity contribution in [3.05, 3.63) is 29.8 Å². The minimum Gasteiger partial charge on any atom is -0.384 e. The standard InChI is InChI=1S/C14H20N2OS/c17-18-9-7-16(8-10-18)6-5-12-11-15-14-4-2-1-3-13(12)14/h1-4,12,15H,5-11H2. The van der Waals surface area contributed by atoms with Crippen molar-refractivity contribution in [2.24, 2.45) is 0 Å². The first-order valence-electron chi connectivity index (χ1n) is 6.73. The summed E-state index contributed by atoms with van der Waals surface area (Å²) in [5, 5.41) is 3.48. The molecule has 1 unspecified atom stereocenters. The lowest BCUT2D eigenvalue weighted by Crippen LogP contribution is -2.38. The van der Waals surface area contributed by atoms with Gasteiger partial charge in [-0.25, -0.2) is 0 Å². The van der Waals surface area contributed by atoms with E-state index in [1.165, 1.54) is 17.7 Å². The SMILES string of the molecule is O=S1CCN(CCC2CNc3ccccc32)CC1. The van der Waals surface area contributed by atoms with Crippen LogP contribution in [0.2, 0.25) is 0 Å². The Morgan fingerprint density at radius 3 is 2.89 bits per heavy atom. The Morgan fingerprint density at radius 2 is 2.06 bits per heavy atom. The highest BCUT2D eigenvalue weighted by Gasteiger charge is 2.23. The molecule has 98 valence electrons. The lowest BCUT2D eigenvalue weighted by Gasteiger charge is -2.27. The summed E-state index contributed by atoms with van der Waals surface area (Å²) in [4.78, 5) is 2.46. The highest BCUT2D eigenvalue weighted by Crippen LogP contribution is 2.33. The number of nitrogens with zero attached hydrogens (tertiary/aromatic N) is 1. The molecule has 1 aromatic rings. The Labute approximate surface area is 111 Å². The van der Waals surface area contributed by atoms with Crippen molar-refractivity contribution in [1.82, 2.24) is 4.90 Å². The summed E-state index contributed by atoms with van der Waals surface area (Å²) in [5.74, 6) is 2.37. The van der Waals surface area contributed by atoms with Crippen molar-refractivity contribution in [2.45, 2.75) is 12.3 Å². The summed E-state index contributed by atoms with van der Waals surface area (Å²) in [6.45, 7) is 4.22. The zero-order valence-corrected chi connectivity index (χ0v) is 11.4. The fourth-order valence-electron chi connectivity index (χ4n) is 2.85. The zero-order valence-electron chi connectivity index (χ0n) is 10.6. The molecule has 0 radical (unpaired) electrons. The summed E-state index contributed by atoms with van der Waals surface area (Å²) in [6.07, 6.45) is 1.21. The number of nitrogens with one attached hydrogen (secondary N) is 1. The molecule has 2 aliphatic heterocycles. The van der Waals surface area contributed by atoms with E-state index in [9.17, 15) is 4.21 Å². The number of anilines is 1. The summed E-state index contributed by atoms with van der Waals surface area (Å²) >= 11 is 0. The first kappa shape index (κ1) is 12.2. The van der Waals surface area contributed by atoms with Gasteiger partial charge in [0.2, 0.25) is 0 Å². The largest absolute Gasteiger partial charge is 0.384 e. The van der Waals surface area contributed by atoms with Crippen LogP contribution in [0.5, 0.6) is 0 Å². The predicted octanol–water partition coefficient (Wildman–Crippen LogP) is 1.65. The maximum absolute atomic E-state index is 11.3. The normalized spacial score (nSPS) is 24.8. The van der Waals surface area contributed by atoms with Gasteiger partial charge in [0.25, 0.3) is 0 Å². The molecule has 0 bridgehead atoms. The summed E-state index contributed by atoms with van der Waals surface area (Å²) in [5.41, 5.74) is 2.78. The molecule has 0 aromatic heterocycles. The Kier molecular flexibility index (Phi) is 3.66. The van der Waals surface area contributed by atoms with Gasteiger partial charge >= 0.3 is 0 Å². The van der Waals surface area contributed by atoms with Crippen molar-refractivity contribution in [3.8, 4) is 0 Å². The van der Waals surface area contributed by atoms with Crippen LogP contribution in [0, 0.1) is 0 Å². The van der Waals surface area contributed by atoms with E-state index in [0.717, 1.165) is 37.7 Å². The van der Waals surface area contributed by atoms with E-state index < -0.39 is 10.8 Å². The Morgan fingerprint density at radius 1 is 1.28 bits per heavy atom. The second-order valence-electron chi connectivity index (χ2n) is 5.14. The molecule has 1 saturated heterocycles. The van der Waals surface area contributed by atoms with Gasteiger partial charge in [0.15, 0.2) is 0 Å². The highest BCUT2D eigenvalue weighted by molar-refractivity contribution is 7.85. The van der Waals surface area contributed by atoms with E-state index >= 15 is 0 Å². The van der Waals surface area contributed by atoms with Gasteiger partial charge < -0.3 is 10.2 Å². The van der Waals surface area contributed by atoms with E-state index in [-0.39, 0.29) is 0 Å². The predicted molar refractivity (Wildman–Crippen MR) is 76.6 cm³/mol. The van der Waals surface area contributed by atoms with Crippen molar-refractivity contribution < 1.29 is 4.21 Å². The molecule has 2 aliphatic rings. The molecule has 1 atom stereocenters. The quantitative estimate of drug-likeness (QED) is 0.901. The van der Waals surface area contributed by atoms with Gasteiger partial charge in [0.1, 0.15) is 0 Å². The molecule has 3 nitrogen and oxygen atoms in total. The number of rotatable bonds is 3. The summed E-state index contributed by atoms with van der Waals surface area (Å²) in [7, 11) is -0.557. The average Bonchev–Trinajstić information content (AvgIpc) is 2.82. The van der Waals surface area contributed by atoms with Crippen molar-refractivity contribution in [3.63, 3.8) is 0 Å². The third kappa shape index (κ3) is 2.59. The molecular formula is C14H20N2OS. The molecule has 0 amide bonds. The maximum Gasteiger partial charge on any atom is 0.0376 e. The van der Waals surface area contributed by atoms with Gasteiger partial charge in [0, 0.05) is 53.5 Å². The van der Waals surface area contributed by atoms with Crippen LogP contribution in [0.4, 0.5) is 5.69 Å². The van der Waals surface area contributed by atoms with Gasteiger partial charge in [-0.05, 0) is 24.6 Å². The maximum atomic E-state index is 11.3. The van der Waals surface area contributed by atoms with E-state index in [2.05, 4.69) is 34.5 Å². The molecule has 1 fully saturated rings. The molecule has 1 aromatic carbocycles. The number of benzene rings is 1. The second kappa shape index (κ2) is 5.41. The number of hydrogen-bond acceptors (Lipinski definition) is 3. The minimum atomic E-state index is -0.557. The fourth-order valence-corrected chi connectivity index (χ4v) is 3.98. The molecule has 1 N–H and O–H groups in total. The van der Waals surface area contributed by atoms with E-state index in [0.29, 0.717) is 5.92 Å². The van der Waals surface area contributed by atoms with Gasteiger partial charge in [0.05, 0.1) is 0 Å². The molecular weight excluding hydrogens is 244 g/mol. The third-order valence-electron chi connectivity index (χ3n) is 4.00. The highest BCUT2D eigenvalue weighted by atomic mass is 32.2. The van der Waals surface area contributed by atoms with E-state index in [4.69, 9.17) is 0 Å². The fraction of sp³-hybridized carbons (Fsp3) is 0.571. The lowest BCUT2D eigenvalue weighted by atomic mass is 9.98. The Balaban J connectivity index is 1.54. The average molecular weight is 264 g/mol. The second-order valence-corrected chi connectivity index (χ2v) is 6.84. The zero-order chi connectivity index (χ0) is 12.4. The lowest BCUT2D eigenvalue weighted by molar-refractivity contribution is 0.288. The van der Waals surface area contributed by atoms with Crippen molar-refractivity contribution in [1.29, 1.82) is 0 Å². The summed E-state index contributed by atoms with van der Waals surface area (Å²) < 4.78 is 11.3. The number of para-hydroxylation sites is 1. The molecule has 4 heteroatoms. The van der Waals surface area contributed by atoms with Crippen LogP contribution in [0.25, 0.3) is 0 Å². The monoisotopic (exact) mass is 264 g/mol. The third-order valence-corrected chi connectivity index (χ3v) is 5.28. The van der Waals surface area contributed by atoms with Crippen LogP contribution in [-0.4, -0.2) is 46.8 Å². The van der Waals surface area contributed by atoms with Gasteiger partial charge in [-0.3, -0.25) is 4.21 Å². The smallest absolute Gasteiger partial charge is 0.0376 e. The van der Waals surface area contributed by atoms with Gasteiger partial charge in [-0.1, -0.05) is 18.2 Å². The van der Waals surface area contributed by atoms with Gasteiger partial charge in [-0.15, -0.1) is 0 Å². The van der Waals surface area contributed by atoms with Crippen LogP contribution in [0.1, 0.15) is 17.9 Å².